The average Bonchev–Trinajstić information content (AvgIpc) is 2.61. The highest BCUT2D eigenvalue weighted by Gasteiger charge is 2.30. The van der Waals surface area contributed by atoms with Crippen LogP contribution in [-0.2, 0) is 6.18 Å². The van der Waals surface area contributed by atoms with Crippen molar-refractivity contribution in [3.05, 3.63) is 71.5 Å². The first-order valence-electron chi connectivity index (χ1n) is 7.91. The van der Waals surface area contributed by atoms with Gasteiger partial charge in [-0.15, -0.1) is 0 Å². The van der Waals surface area contributed by atoms with E-state index in [1.807, 2.05) is 0 Å². The van der Waals surface area contributed by atoms with Crippen molar-refractivity contribution in [2.75, 3.05) is 10.6 Å². The fourth-order valence-electron chi connectivity index (χ4n) is 2.44. The molecule has 0 aliphatic rings. The molecule has 3 rings (SSSR count). The average molecular weight is 369 g/mol. The number of hydrogen-bond donors (Lipinski definition) is 2. The molecule has 0 saturated carbocycles. The lowest BCUT2D eigenvalue weighted by Crippen LogP contribution is -2.06. The van der Waals surface area contributed by atoms with Crippen LogP contribution in [-0.4, -0.2) is 9.97 Å². The zero-order valence-electron chi connectivity index (χ0n) is 14.2. The van der Waals surface area contributed by atoms with Gasteiger partial charge in [0.15, 0.2) is 0 Å². The molecule has 3 aromatic rings. The summed E-state index contributed by atoms with van der Waals surface area (Å²) in [6.45, 7) is 1.67. The van der Waals surface area contributed by atoms with Gasteiger partial charge in [-0.1, -0.05) is 18.2 Å². The molecule has 0 fully saturated rings. The van der Waals surface area contributed by atoms with E-state index in [1.165, 1.54) is 12.1 Å². The summed E-state index contributed by atoms with van der Waals surface area (Å²) in [6.07, 6.45) is -4.42. The smallest absolute Gasteiger partial charge is 0.340 e. The number of para-hydroxylation sites is 1. The molecule has 0 bridgehead atoms. The van der Waals surface area contributed by atoms with Gasteiger partial charge in [0.2, 0.25) is 0 Å². The fourth-order valence-corrected chi connectivity index (χ4v) is 2.44. The maximum atomic E-state index is 12.9. The van der Waals surface area contributed by atoms with Gasteiger partial charge in [-0.2, -0.15) is 18.4 Å². The lowest BCUT2D eigenvalue weighted by molar-refractivity contribution is -0.137. The molecule has 0 spiro atoms. The molecule has 0 aliphatic heterocycles. The van der Waals surface area contributed by atoms with Gasteiger partial charge >= 0.3 is 6.18 Å². The van der Waals surface area contributed by atoms with Crippen LogP contribution in [0.1, 0.15) is 17.0 Å². The van der Waals surface area contributed by atoms with Gasteiger partial charge in [0.1, 0.15) is 23.5 Å². The first kappa shape index (κ1) is 18.2. The van der Waals surface area contributed by atoms with Gasteiger partial charge in [-0.3, -0.25) is 0 Å². The molecule has 8 heteroatoms. The number of alkyl halides is 3. The fraction of sp³-hybridized carbons (Fsp3) is 0.105. The van der Waals surface area contributed by atoms with E-state index in [9.17, 15) is 13.2 Å². The molecule has 2 aromatic carbocycles. The number of anilines is 4. The van der Waals surface area contributed by atoms with Gasteiger partial charge in [0.25, 0.3) is 0 Å². The first-order chi connectivity index (χ1) is 12.8. The minimum absolute atomic E-state index is 0.256. The zero-order chi connectivity index (χ0) is 19.4. The highest BCUT2D eigenvalue weighted by molar-refractivity contribution is 5.67. The van der Waals surface area contributed by atoms with E-state index in [0.29, 0.717) is 28.7 Å². The monoisotopic (exact) mass is 369 g/mol. The predicted octanol–water partition coefficient (Wildman–Crippen LogP) is 5.16. The number of nitrogens with zero attached hydrogens (tertiary/aromatic N) is 3. The van der Waals surface area contributed by atoms with Crippen molar-refractivity contribution in [3.63, 3.8) is 0 Å². The Hall–Kier alpha value is -3.60. The quantitative estimate of drug-likeness (QED) is 0.664. The summed E-state index contributed by atoms with van der Waals surface area (Å²) in [5.74, 6) is 1.17. The molecule has 1 heterocycles. The van der Waals surface area contributed by atoms with Crippen LogP contribution >= 0.6 is 0 Å². The molecule has 0 saturated heterocycles. The summed E-state index contributed by atoms with van der Waals surface area (Å²) in [6, 6.07) is 15.4. The van der Waals surface area contributed by atoms with E-state index in [2.05, 4.69) is 26.7 Å². The molecule has 0 unspecified atom stereocenters. The van der Waals surface area contributed by atoms with E-state index in [1.54, 1.807) is 37.3 Å². The highest BCUT2D eigenvalue weighted by atomic mass is 19.4. The minimum atomic E-state index is -4.42. The molecule has 5 nitrogen and oxygen atoms in total. The van der Waals surface area contributed by atoms with Crippen LogP contribution in [0, 0.1) is 18.3 Å². The summed E-state index contributed by atoms with van der Waals surface area (Å²) in [5.41, 5.74) is 0.523. The minimum Gasteiger partial charge on any atom is -0.340 e. The Labute approximate surface area is 153 Å². The van der Waals surface area contributed by atoms with Gasteiger partial charge in [0, 0.05) is 11.8 Å². The Balaban J connectivity index is 1.87. The Morgan fingerprint density at radius 2 is 1.63 bits per heavy atom. The second kappa shape index (κ2) is 7.33. The van der Waals surface area contributed by atoms with Crippen molar-refractivity contribution in [1.82, 2.24) is 9.97 Å². The number of halogens is 3. The Morgan fingerprint density at radius 3 is 2.33 bits per heavy atom. The van der Waals surface area contributed by atoms with Crippen molar-refractivity contribution in [2.24, 2.45) is 0 Å². The van der Waals surface area contributed by atoms with Crippen LogP contribution in [0.15, 0.2) is 54.6 Å². The summed E-state index contributed by atoms with van der Waals surface area (Å²) >= 11 is 0. The van der Waals surface area contributed by atoms with Crippen LogP contribution in [0.4, 0.5) is 36.2 Å². The van der Waals surface area contributed by atoms with Crippen molar-refractivity contribution in [3.8, 4) is 6.07 Å². The molecule has 0 aliphatic carbocycles. The van der Waals surface area contributed by atoms with E-state index < -0.39 is 11.7 Å². The molecule has 0 radical (unpaired) electrons. The Kier molecular flexibility index (Phi) is 4.94. The van der Waals surface area contributed by atoms with Crippen molar-refractivity contribution in [1.29, 1.82) is 5.26 Å². The molecule has 1 aromatic heterocycles. The van der Waals surface area contributed by atoms with Crippen molar-refractivity contribution >= 4 is 23.0 Å². The molecule has 0 amide bonds. The predicted molar refractivity (Wildman–Crippen MR) is 95.9 cm³/mol. The number of aromatic nitrogens is 2. The van der Waals surface area contributed by atoms with Gasteiger partial charge < -0.3 is 10.6 Å². The van der Waals surface area contributed by atoms with Crippen molar-refractivity contribution < 1.29 is 13.2 Å². The second-order valence-corrected chi connectivity index (χ2v) is 5.67. The zero-order valence-corrected chi connectivity index (χ0v) is 14.2. The van der Waals surface area contributed by atoms with Crippen LogP contribution in [0.25, 0.3) is 0 Å². The Morgan fingerprint density at radius 1 is 0.926 bits per heavy atom. The molecular formula is C19H14F3N5. The number of nitriles is 1. The van der Waals surface area contributed by atoms with E-state index in [-0.39, 0.29) is 5.69 Å². The van der Waals surface area contributed by atoms with Gasteiger partial charge in [-0.05, 0) is 37.3 Å². The molecule has 0 atom stereocenters. The number of hydrogen-bond acceptors (Lipinski definition) is 5. The normalized spacial score (nSPS) is 10.9. The number of rotatable bonds is 4. The highest BCUT2D eigenvalue weighted by Crippen LogP contribution is 2.31. The third-order valence-electron chi connectivity index (χ3n) is 3.61. The summed E-state index contributed by atoms with van der Waals surface area (Å²) in [7, 11) is 0. The standard InChI is InChI=1S/C19H14F3N5/c1-12-24-17(26-15-7-4-6-14(9-15)19(20,21)22)10-18(25-12)27-16-8-3-2-5-13(16)11-23/h2-10H,1H3,(H2,24,25,26,27). The Bertz CT molecular complexity index is 1010. The van der Waals surface area contributed by atoms with Crippen LogP contribution in [0.3, 0.4) is 0 Å². The largest absolute Gasteiger partial charge is 0.416 e. The second-order valence-electron chi connectivity index (χ2n) is 5.67. The molecule has 136 valence electrons. The molecular weight excluding hydrogens is 355 g/mol. The first-order valence-corrected chi connectivity index (χ1v) is 7.91. The van der Waals surface area contributed by atoms with E-state index in [4.69, 9.17) is 5.26 Å². The van der Waals surface area contributed by atoms with Crippen molar-refractivity contribution in [2.45, 2.75) is 13.1 Å². The lowest BCUT2D eigenvalue weighted by atomic mass is 10.2. The topological polar surface area (TPSA) is 73.6 Å². The van der Waals surface area contributed by atoms with Gasteiger partial charge in [-0.25, -0.2) is 9.97 Å². The van der Waals surface area contributed by atoms with E-state index in [0.717, 1.165) is 12.1 Å². The van der Waals surface area contributed by atoms with Crippen LogP contribution in [0.2, 0.25) is 0 Å². The summed E-state index contributed by atoms with van der Waals surface area (Å²) in [5, 5.41) is 15.1. The van der Waals surface area contributed by atoms with E-state index >= 15 is 0 Å². The number of nitrogens with one attached hydrogen (secondary N) is 2. The maximum absolute atomic E-state index is 12.9. The number of aryl methyl sites for hydroxylation is 1. The lowest BCUT2D eigenvalue weighted by Gasteiger charge is -2.12. The summed E-state index contributed by atoms with van der Waals surface area (Å²) < 4.78 is 38.6. The SMILES string of the molecule is Cc1nc(Nc2cccc(C(F)(F)F)c2)cc(Nc2ccccc2C#N)n1. The maximum Gasteiger partial charge on any atom is 0.416 e. The molecule has 27 heavy (non-hydrogen) atoms. The third-order valence-corrected chi connectivity index (χ3v) is 3.61. The molecule has 2 N–H and O–H groups in total. The summed E-state index contributed by atoms with van der Waals surface area (Å²) in [4.78, 5) is 8.45. The van der Waals surface area contributed by atoms with Crippen LogP contribution < -0.4 is 10.6 Å². The van der Waals surface area contributed by atoms with Crippen LogP contribution in [0.5, 0.6) is 0 Å². The number of benzene rings is 2. The van der Waals surface area contributed by atoms with Gasteiger partial charge in [0.05, 0.1) is 16.8 Å². The third kappa shape index (κ3) is 4.52.